The predicted molar refractivity (Wildman–Crippen MR) is 84.3 cm³/mol. The Labute approximate surface area is 133 Å². The van der Waals surface area contributed by atoms with E-state index in [1.807, 2.05) is 20.8 Å². The first-order chi connectivity index (χ1) is 10.3. The number of rotatable bonds is 4. The van der Waals surface area contributed by atoms with Gasteiger partial charge in [0.2, 0.25) is 0 Å². The van der Waals surface area contributed by atoms with Crippen LogP contribution in [0.15, 0.2) is 6.33 Å². The lowest BCUT2D eigenvalue weighted by molar-refractivity contribution is -0.000128. The van der Waals surface area contributed by atoms with E-state index in [1.165, 1.54) is 17.7 Å². The summed E-state index contributed by atoms with van der Waals surface area (Å²) in [5.74, 6) is 2.68. The van der Waals surface area contributed by atoms with Crippen molar-refractivity contribution in [1.82, 2.24) is 20.2 Å². The monoisotopic (exact) mass is 318 g/mol. The largest absolute Gasteiger partial charge is 0.457 e. The second kappa shape index (κ2) is 6.28. The fraction of sp³-hybridized carbons (Fsp3) is 0.467. The van der Waals surface area contributed by atoms with Gasteiger partial charge in [-0.2, -0.15) is 5.10 Å². The molecule has 116 valence electrons. The second-order valence-corrected chi connectivity index (χ2v) is 6.93. The van der Waals surface area contributed by atoms with Gasteiger partial charge in [0, 0.05) is 6.42 Å². The van der Waals surface area contributed by atoms with Crippen molar-refractivity contribution >= 4 is 17.3 Å². The number of carbonyl (C=O) groups excluding carboxylic acids is 1. The highest BCUT2D eigenvalue weighted by molar-refractivity contribution is 7.16. The molecule has 0 radical (unpaired) electrons. The summed E-state index contributed by atoms with van der Waals surface area (Å²) in [6, 6.07) is 0. The molecular formula is C15H18N4O2S. The Hall–Kier alpha value is -2.20. The Bertz CT molecular complexity index is 692. The number of thiazole rings is 1. The maximum Gasteiger partial charge on any atom is 0.350 e. The molecule has 2 aromatic heterocycles. The average molecular weight is 318 g/mol. The van der Waals surface area contributed by atoms with Gasteiger partial charge in [0.25, 0.3) is 0 Å². The Balaban J connectivity index is 2.21. The van der Waals surface area contributed by atoms with Crippen molar-refractivity contribution in [3.8, 4) is 23.2 Å². The van der Waals surface area contributed by atoms with Crippen LogP contribution in [0.2, 0.25) is 0 Å². The molecule has 6 nitrogen and oxygen atoms in total. The molecule has 1 N–H and O–H groups in total. The van der Waals surface area contributed by atoms with Gasteiger partial charge in [0.05, 0.1) is 5.69 Å². The van der Waals surface area contributed by atoms with Crippen molar-refractivity contribution in [3.63, 3.8) is 0 Å². The van der Waals surface area contributed by atoms with E-state index in [9.17, 15) is 4.79 Å². The van der Waals surface area contributed by atoms with Gasteiger partial charge in [-0.1, -0.05) is 20.8 Å². The number of aromatic nitrogens is 4. The van der Waals surface area contributed by atoms with E-state index in [4.69, 9.17) is 11.2 Å². The van der Waals surface area contributed by atoms with Gasteiger partial charge in [0.1, 0.15) is 17.3 Å². The van der Waals surface area contributed by atoms with Crippen LogP contribution in [-0.2, 0) is 4.74 Å². The zero-order chi connectivity index (χ0) is 16.3. The first kappa shape index (κ1) is 16.2. The Kier molecular flexibility index (Phi) is 4.62. The topological polar surface area (TPSA) is 80.8 Å². The molecule has 0 spiro atoms. The van der Waals surface area contributed by atoms with Crippen LogP contribution >= 0.6 is 11.3 Å². The molecule has 0 aliphatic heterocycles. The molecule has 0 fully saturated rings. The number of hydrogen-bond acceptors (Lipinski definition) is 6. The summed E-state index contributed by atoms with van der Waals surface area (Å²) in [5.41, 5.74) is 0.378. The number of esters is 1. The molecule has 0 aliphatic carbocycles. The highest BCUT2D eigenvalue weighted by atomic mass is 32.1. The third-order valence-electron chi connectivity index (χ3n) is 3.12. The normalized spacial score (nSPS) is 12.7. The molecular weight excluding hydrogens is 300 g/mol. The summed E-state index contributed by atoms with van der Waals surface area (Å²) in [4.78, 5) is 21.2. The average Bonchev–Trinajstić information content (AvgIpc) is 3.05. The third-order valence-corrected chi connectivity index (χ3v) is 4.26. The molecule has 2 rings (SSSR count). The molecule has 0 amide bonds. The van der Waals surface area contributed by atoms with Gasteiger partial charge < -0.3 is 4.74 Å². The maximum atomic E-state index is 12.4. The van der Waals surface area contributed by atoms with Crippen LogP contribution in [0.4, 0.5) is 0 Å². The standard InChI is InChI=1S/C15H18N4O2S/c1-6-7-10(15(3,4)5)21-14(20)11-9(2)18-13(22-11)12-16-8-17-19-12/h1,8,10H,7H2,2-5H3,(H,16,17,19)/t10-/m0/s1. The highest BCUT2D eigenvalue weighted by Gasteiger charge is 2.29. The summed E-state index contributed by atoms with van der Waals surface area (Å²) in [5, 5.41) is 7.11. The van der Waals surface area contributed by atoms with E-state index in [0.29, 0.717) is 27.8 Å². The second-order valence-electron chi connectivity index (χ2n) is 5.94. The van der Waals surface area contributed by atoms with Crippen molar-refractivity contribution in [2.75, 3.05) is 0 Å². The quantitative estimate of drug-likeness (QED) is 0.692. The summed E-state index contributed by atoms with van der Waals surface area (Å²) >= 11 is 1.22. The van der Waals surface area contributed by atoms with Gasteiger partial charge in [-0.05, 0) is 12.3 Å². The van der Waals surface area contributed by atoms with E-state index in [2.05, 4.69) is 26.1 Å². The number of carbonyl (C=O) groups is 1. The number of ether oxygens (including phenoxy) is 1. The number of nitrogens with one attached hydrogen (secondary N) is 1. The first-order valence-corrected chi connectivity index (χ1v) is 7.62. The SMILES string of the molecule is C#CC[C@H](OC(=O)c1sc(-c2ncn[nH]2)nc1C)C(C)(C)C. The van der Waals surface area contributed by atoms with Crippen LogP contribution in [0.3, 0.4) is 0 Å². The molecule has 2 aromatic rings. The van der Waals surface area contributed by atoms with E-state index in [-0.39, 0.29) is 11.5 Å². The number of aromatic amines is 1. The minimum atomic E-state index is -0.407. The fourth-order valence-electron chi connectivity index (χ4n) is 1.81. The molecule has 2 heterocycles. The van der Waals surface area contributed by atoms with Crippen LogP contribution in [0.5, 0.6) is 0 Å². The zero-order valence-electron chi connectivity index (χ0n) is 13.0. The number of terminal acetylenes is 1. The molecule has 0 aliphatic rings. The molecule has 7 heteroatoms. The number of hydrogen-bond donors (Lipinski definition) is 1. The Morgan fingerprint density at radius 2 is 2.27 bits per heavy atom. The summed E-state index contributed by atoms with van der Waals surface area (Å²) in [6.45, 7) is 7.73. The Morgan fingerprint density at radius 3 is 2.82 bits per heavy atom. The number of H-pyrrole nitrogens is 1. The van der Waals surface area contributed by atoms with Crippen molar-refractivity contribution in [3.05, 3.63) is 16.9 Å². The summed E-state index contributed by atoms with van der Waals surface area (Å²) < 4.78 is 5.60. The maximum absolute atomic E-state index is 12.4. The summed E-state index contributed by atoms with van der Waals surface area (Å²) in [6.07, 6.45) is 6.79. The van der Waals surface area contributed by atoms with Crippen LogP contribution in [0, 0.1) is 24.7 Å². The lowest BCUT2D eigenvalue weighted by atomic mass is 9.87. The number of aryl methyl sites for hydroxylation is 1. The van der Waals surface area contributed by atoms with Crippen molar-refractivity contribution < 1.29 is 9.53 Å². The van der Waals surface area contributed by atoms with Gasteiger partial charge >= 0.3 is 5.97 Å². The van der Waals surface area contributed by atoms with Crippen LogP contribution < -0.4 is 0 Å². The van der Waals surface area contributed by atoms with E-state index in [0.717, 1.165) is 0 Å². The van der Waals surface area contributed by atoms with Crippen molar-refractivity contribution in [1.29, 1.82) is 0 Å². The number of nitrogens with zero attached hydrogens (tertiary/aromatic N) is 3. The molecule has 0 saturated heterocycles. The highest BCUT2D eigenvalue weighted by Crippen LogP contribution is 2.29. The molecule has 0 unspecified atom stereocenters. The van der Waals surface area contributed by atoms with Crippen molar-refractivity contribution in [2.24, 2.45) is 5.41 Å². The zero-order valence-corrected chi connectivity index (χ0v) is 13.8. The van der Waals surface area contributed by atoms with Gasteiger partial charge in [-0.25, -0.2) is 14.8 Å². The van der Waals surface area contributed by atoms with Gasteiger partial charge in [-0.15, -0.1) is 23.7 Å². The van der Waals surface area contributed by atoms with Crippen LogP contribution in [0.25, 0.3) is 10.8 Å². The molecule has 0 aromatic carbocycles. The van der Waals surface area contributed by atoms with Gasteiger partial charge in [0.15, 0.2) is 10.8 Å². The molecule has 0 bridgehead atoms. The lowest BCUT2D eigenvalue weighted by Crippen LogP contribution is -2.31. The van der Waals surface area contributed by atoms with Gasteiger partial charge in [-0.3, -0.25) is 5.10 Å². The third kappa shape index (κ3) is 3.52. The van der Waals surface area contributed by atoms with Crippen LogP contribution in [-0.4, -0.2) is 32.2 Å². The molecule has 22 heavy (non-hydrogen) atoms. The molecule has 0 saturated carbocycles. The van der Waals surface area contributed by atoms with Crippen molar-refractivity contribution in [2.45, 2.75) is 40.2 Å². The van der Waals surface area contributed by atoms with Crippen LogP contribution in [0.1, 0.15) is 42.6 Å². The molecule has 1 atom stereocenters. The van der Waals surface area contributed by atoms with E-state index >= 15 is 0 Å². The Morgan fingerprint density at radius 1 is 1.55 bits per heavy atom. The minimum absolute atomic E-state index is 0.228. The van der Waals surface area contributed by atoms with E-state index < -0.39 is 5.97 Å². The summed E-state index contributed by atoms with van der Waals surface area (Å²) in [7, 11) is 0. The first-order valence-electron chi connectivity index (χ1n) is 6.80. The fourth-order valence-corrected chi connectivity index (χ4v) is 2.71. The van der Waals surface area contributed by atoms with E-state index in [1.54, 1.807) is 6.92 Å². The lowest BCUT2D eigenvalue weighted by Gasteiger charge is -2.28. The smallest absolute Gasteiger partial charge is 0.350 e. The predicted octanol–water partition coefficient (Wildman–Crippen LogP) is 2.83. The minimum Gasteiger partial charge on any atom is -0.457 e.